The van der Waals surface area contributed by atoms with Gasteiger partial charge in [0.15, 0.2) is 5.82 Å². The standard InChI is InChI=1S/C20H24N4O/c1-12-17(20(25)22-14-8-4-3-5-9-14)13(2)21-18(12)19-23-15-10-6-7-11-16(15)24-19/h6-7,10-11,14,21H,3-5,8-9H2,1-2H3,(H,22,25)(H,23,24). The maximum atomic E-state index is 12.8. The highest BCUT2D eigenvalue weighted by molar-refractivity contribution is 5.99. The van der Waals surface area contributed by atoms with Crippen molar-refractivity contribution < 1.29 is 4.79 Å². The third kappa shape index (κ3) is 2.95. The minimum Gasteiger partial charge on any atom is -0.355 e. The first-order valence-electron chi connectivity index (χ1n) is 9.08. The molecule has 1 aliphatic rings. The Bertz CT molecular complexity index is 882. The Morgan fingerprint density at radius 2 is 1.88 bits per heavy atom. The molecule has 1 fully saturated rings. The molecule has 0 saturated heterocycles. The van der Waals surface area contributed by atoms with Gasteiger partial charge in [0.2, 0.25) is 0 Å². The molecule has 0 radical (unpaired) electrons. The van der Waals surface area contributed by atoms with E-state index in [9.17, 15) is 4.79 Å². The van der Waals surface area contributed by atoms with E-state index in [1.54, 1.807) is 0 Å². The molecule has 1 aromatic carbocycles. The van der Waals surface area contributed by atoms with E-state index in [0.29, 0.717) is 6.04 Å². The number of aromatic amines is 2. The zero-order chi connectivity index (χ0) is 17.4. The van der Waals surface area contributed by atoms with E-state index < -0.39 is 0 Å². The summed E-state index contributed by atoms with van der Waals surface area (Å²) in [5.41, 5.74) is 5.41. The maximum Gasteiger partial charge on any atom is 0.253 e. The van der Waals surface area contributed by atoms with Gasteiger partial charge in [-0.1, -0.05) is 31.4 Å². The van der Waals surface area contributed by atoms with Crippen LogP contribution in [-0.2, 0) is 0 Å². The van der Waals surface area contributed by atoms with E-state index >= 15 is 0 Å². The first-order valence-corrected chi connectivity index (χ1v) is 9.08. The smallest absolute Gasteiger partial charge is 0.253 e. The predicted octanol–water partition coefficient (Wildman–Crippen LogP) is 4.24. The number of benzene rings is 1. The van der Waals surface area contributed by atoms with Crippen LogP contribution in [0.5, 0.6) is 0 Å². The number of aryl methyl sites for hydroxylation is 1. The van der Waals surface area contributed by atoms with Crippen molar-refractivity contribution in [3.8, 4) is 11.5 Å². The molecule has 1 aliphatic carbocycles. The summed E-state index contributed by atoms with van der Waals surface area (Å²) >= 11 is 0. The van der Waals surface area contributed by atoms with E-state index in [0.717, 1.165) is 52.2 Å². The maximum absolute atomic E-state index is 12.8. The van der Waals surface area contributed by atoms with Crippen LogP contribution in [0.25, 0.3) is 22.6 Å². The summed E-state index contributed by atoms with van der Waals surface area (Å²) in [5.74, 6) is 0.805. The van der Waals surface area contributed by atoms with Gasteiger partial charge in [-0.25, -0.2) is 4.98 Å². The fourth-order valence-electron chi connectivity index (χ4n) is 3.90. The van der Waals surface area contributed by atoms with E-state index in [4.69, 9.17) is 0 Å². The van der Waals surface area contributed by atoms with Crippen LogP contribution in [0.1, 0.15) is 53.7 Å². The van der Waals surface area contributed by atoms with Gasteiger partial charge in [0, 0.05) is 11.7 Å². The Hall–Kier alpha value is -2.56. The number of rotatable bonds is 3. The molecule has 3 N–H and O–H groups in total. The first kappa shape index (κ1) is 15.9. The van der Waals surface area contributed by atoms with E-state index in [-0.39, 0.29) is 5.91 Å². The van der Waals surface area contributed by atoms with Crippen LogP contribution in [0.15, 0.2) is 24.3 Å². The normalized spacial score (nSPS) is 15.6. The lowest BCUT2D eigenvalue weighted by molar-refractivity contribution is 0.0926. The average Bonchev–Trinajstić information content (AvgIpc) is 3.16. The van der Waals surface area contributed by atoms with Crippen LogP contribution in [-0.4, -0.2) is 26.9 Å². The molecule has 1 saturated carbocycles. The monoisotopic (exact) mass is 336 g/mol. The molecular formula is C20H24N4O. The van der Waals surface area contributed by atoms with Crippen LogP contribution in [0, 0.1) is 13.8 Å². The quantitative estimate of drug-likeness (QED) is 0.669. The molecule has 130 valence electrons. The number of carbonyl (C=O) groups excluding carboxylic acids is 1. The molecular weight excluding hydrogens is 312 g/mol. The molecule has 0 spiro atoms. The fourth-order valence-corrected chi connectivity index (χ4v) is 3.90. The number of hydrogen-bond donors (Lipinski definition) is 3. The SMILES string of the molecule is Cc1[nH]c(-c2nc3ccccc3[nH]2)c(C)c1C(=O)NC1CCCCC1. The highest BCUT2D eigenvalue weighted by Crippen LogP contribution is 2.28. The lowest BCUT2D eigenvalue weighted by Gasteiger charge is -2.22. The van der Waals surface area contributed by atoms with Gasteiger partial charge in [0.1, 0.15) is 0 Å². The number of H-pyrrole nitrogens is 2. The molecule has 0 unspecified atom stereocenters. The van der Waals surface area contributed by atoms with Crippen molar-refractivity contribution in [1.29, 1.82) is 0 Å². The zero-order valence-corrected chi connectivity index (χ0v) is 14.8. The van der Waals surface area contributed by atoms with Gasteiger partial charge in [-0.2, -0.15) is 0 Å². The summed E-state index contributed by atoms with van der Waals surface area (Å²) < 4.78 is 0. The van der Waals surface area contributed by atoms with Gasteiger partial charge in [0.05, 0.1) is 22.3 Å². The lowest BCUT2D eigenvalue weighted by atomic mass is 9.95. The molecule has 4 rings (SSSR count). The van der Waals surface area contributed by atoms with Crippen molar-refractivity contribution in [2.75, 3.05) is 0 Å². The van der Waals surface area contributed by atoms with Gasteiger partial charge in [0.25, 0.3) is 5.91 Å². The molecule has 2 aromatic heterocycles. The second-order valence-electron chi connectivity index (χ2n) is 7.04. The van der Waals surface area contributed by atoms with Crippen molar-refractivity contribution in [3.63, 3.8) is 0 Å². The number of fused-ring (bicyclic) bond motifs is 1. The van der Waals surface area contributed by atoms with Crippen LogP contribution in [0.2, 0.25) is 0 Å². The minimum absolute atomic E-state index is 0.0283. The number of aromatic nitrogens is 3. The largest absolute Gasteiger partial charge is 0.355 e. The van der Waals surface area contributed by atoms with Crippen LogP contribution in [0.3, 0.4) is 0 Å². The molecule has 25 heavy (non-hydrogen) atoms. The molecule has 5 heteroatoms. The fraction of sp³-hybridized carbons (Fsp3) is 0.400. The van der Waals surface area contributed by atoms with Crippen molar-refractivity contribution in [2.45, 2.75) is 52.0 Å². The minimum atomic E-state index is 0.0283. The van der Waals surface area contributed by atoms with Crippen molar-refractivity contribution >= 4 is 16.9 Å². The number of amides is 1. The Balaban J connectivity index is 1.65. The molecule has 2 heterocycles. The first-order chi connectivity index (χ1) is 12.1. The van der Waals surface area contributed by atoms with Crippen LogP contribution >= 0.6 is 0 Å². The predicted molar refractivity (Wildman–Crippen MR) is 99.7 cm³/mol. The zero-order valence-electron chi connectivity index (χ0n) is 14.8. The second-order valence-corrected chi connectivity index (χ2v) is 7.04. The van der Waals surface area contributed by atoms with E-state index in [2.05, 4.69) is 20.3 Å². The molecule has 5 nitrogen and oxygen atoms in total. The third-order valence-corrected chi connectivity index (χ3v) is 5.23. The topological polar surface area (TPSA) is 73.6 Å². The van der Waals surface area contributed by atoms with Crippen molar-refractivity contribution in [2.24, 2.45) is 0 Å². The summed E-state index contributed by atoms with van der Waals surface area (Å²) in [6, 6.07) is 8.26. The number of nitrogens with one attached hydrogen (secondary N) is 3. The Labute approximate surface area is 147 Å². The van der Waals surface area contributed by atoms with E-state index in [1.807, 2.05) is 38.1 Å². The molecule has 3 aromatic rings. The number of carbonyl (C=O) groups is 1. The number of imidazole rings is 1. The molecule has 0 atom stereocenters. The van der Waals surface area contributed by atoms with Gasteiger partial charge in [-0.3, -0.25) is 4.79 Å². The highest BCUT2D eigenvalue weighted by atomic mass is 16.1. The number of nitrogens with zero attached hydrogens (tertiary/aromatic N) is 1. The van der Waals surface area contributed by atoms with Crippen molar-refractivity contribution in [1.82, 2.24) is 20.3 Å². The van der Waals surface area contributed by atoms with Gasteiger partial charge in [-0.05, 0) is 44.4 Å². The molecule has 1 amide bonds. The van der Waals surface area contributed by atoms with Crippen molar-refractivity contribution in [3.05, 3.63) is 41.1 Å². The Morgan fingerprint density at radius 3 is 2.64 bits per heavy atom. The van der Waals surface area contributed by atoms with Crippen LogP contribution in [0.4, 0.5) is 0 Å². The molecule has 0 aliphatic heterocycles. The Morgan fingerprint density at radius 1 is 1.12 bits per heavy atom. The lowest BCUT2D eigenvalue weighted by Crippen LogP contribution is -2.36. The number of para-hydroxylation sites is 2. The molecule has 0 bridgehead atoms. The summed E-state index contributed by atoms with van der Waals surface area (Å²) in [4.78, 5) is 24.2. The Kier molecular flexibility index (Phi) is 4.07. The summed E-state index contributed by atoms with van der Waals surface area (Å²) in [5, 5.41) is 3.22. The summed E-state index contributed by atoms with van der Waals surface area (Å²) in [6.45, 7) is 3.94. The number of hydrogen-bond acceptors (Lipinski definition) is 2. The average molecular weight is 336 g/mol. The highest BCUT2D eigenvalue weighted by Gasteiger charge is 2.23. The third-order valence-electron chi connectivity index (χ3n) is 5.23. The summed E-state index contributed by atoms with van der Waals surface area (Å²) in [6.07, 6.45) is 5.88. The van der Waals surface area contributed by atoms with Gasteiger partial charge in [-0.15, -0.1) is 0 Å². The van der Waals surface area contributed by atoms with Gasteiger partial charge >= 0.3 is 0 Å². The second kappa shape index (κ2) is 6.39. The summed E-state index contributed by atoms with van der Waals surface area (Å²) in [7, 11) is 0. The van der Waals surface area contributed by atoms with Crippen LogP contribution < -0.4 is 5.32 Å². The van der Waals surface area contributed by atoms with E-state index in [1.165, 1.54) is 19.3 Å². The van der Waals surface area contributed by atoms with Gasteiger partial charge < -0.3 is 15.3 Å².